The van der Waals surface area contributed by atoms with E-state index in [0.29, 0.717) is 25.6 Å². The van der Waals surface area contributed by atoms with Crippen LogP contribution in [0.2, 0.25) is 0 Å². The van der Waals surface area contributed by atoms with Crippen molar-refractivity contribution < 1.29 is 8.42 Å². The molecule has 0 radical (unpaired) electrons. The average molecular weight is 298 g/mol. The predicted molar refractivity (Wildman–Crippen MR) is 75.2 cm³/mol. The van der Waals surface area contributed by atoms with Crippen molar-refractivity contribution in [3.05, 3.63) is 0 Å². The molecule has 0 saturated carbocycles. The van der Waals surface area contributed by atoms with Gasteiger partial charge in [0.05, 0.1) is 0 Å². The van der Waals surface area contributed by atoms with Gasteiger partial charge in [0.1, 0.15) is 0 Å². The van der Waals surface area contributed by atoms with Gasteiger partial charge in [-0.15, -0.1) is 12.4 Å². The second kappa shape index (κ2) is 6.52. The molecule has 2 fully saturated rings. The van der Waals surface area contributed by atoms with Crippen LogP contribution in [0.3, 0.4) is 0 Å². The van der Waals surface area contributed by atoms with Crippen molar-refractivity contribution in [1.29, 1.82) is 0 Å². The molecule has 2 rings (SSSR count). The molecule has 0 aromatic rings. The van der Waals surface area contributed by atoms with Gasteiger partial charge in [0.15, 0.2) is 0 Å². The summed E-state index contributed by atoms with van der Waals surface area (Å²) in [4.78, 5) is 0. The summed E-state index contributed by atoms with van der Waals surface area (Å²) in [5.74, 6) is 0.655. The van der Waals surface area contributed by atoms with Crippen LogP contribution >= 0.6 is 12.4 Å². The van der Waals surface area contributed by atoms with Crippen LogP contribution in [-0.4, -0.2) is 55.8 Å². The van der Waals surface area contributed by atoms with Gasteiger partial charge in [0.25, 0.3) is 10.2 Å². The molecule has 1 unspecified atom stereocenters. The van der Waals surface area contributed by atoms with E-state index in [9.17, 15) is 8.42 Å². The fourth-order valence-corrected chi connectivity index (χ4v) is 4.35. The highest BCUT2D eigenvalue weighted by atomic mass is 35.5. The van der Waals surface area contributed by atoms with E-state index in [-0.39, 0.29) is 18.4 Å². The summed E-state index contributed by atoms with van der Waals surface area (Å²) in [6, 6.07) is 0.0631. The Hall–Kier alpha value is 0.120. The molecule has 108 valence electrons. The topological polar surface area (TPSA) is 52.7 Å². The van der Waals surface area contributed by atoms with Crippen molar-refractivity contribution in [3.8, 4) is 0 Å². The van der Waals surface area contributed by atoms with E-state index in [0.717, 1.165) is 25.9 Å². The lowest BCUT2D eigenvalue weighted by Crippen LogP contribution is -2.57. The summed E-state index contributed by atoms with van der Waals surface area (Å²) in [5.41, 5.74) is 0. The van der Waals surface area contributed by atoms with E-state index in [1.165, 1.54) is 0 Å². The highest BCUT2D eigenvalue weighted by molar-refractivity contribution is 7.86. The summed E-state index contributed by atoms with van der Waals surface area (Å²) >= 11 is 0. The zero-order chi connectivity index (χ0) is 12.5. The molecule has 7 heteroatoms. The summed E-state index contributed by atoms with van der Waals surface area (Å²) in [6.45, 7) is 7.63. The third kappa shape index (κ3) is 3.36. The molecule has 0 aromatic carbocycles. The molecule has 1 N–H and O–H groups in total. The Labute approximate surface area is 116 Å². The lowest BCUT2D eigenvalue weighted by atomic mass is 10.0. The van der Waals surface area contributed by atoms with E-state index >= 15 is 0 Å². The third-order valence-corrected chi connectivity index (χ3v) is 5.96. The maximum Gasteiger partial charge on any atom is 0.282 e. The molecule has 2 aliphatic heterocycles. The Morgan fingerprint density at radius 3 is 2.28 bits per heavy atom. The van der Waals surface area contributed by atoms with E-state index < -0.39 is 10.2 Å². The van der Waals surface area contributed by atoms with E-state index in [4.69, 9.17) is 0 Å². The number of halogens is 1. The molecule has 0 aliphatic carbocycles. The SMILES string of the molecule is CC1CCN(S(=O)(=O)N2CCNCC2C)CC1.Cl. The standard InChI is InChI=1S/C11H23N3O2S.ClH/c1-10-3-6-13(7-4-10)17(15,16)14-8-5-12-9-11(14)2;/h10-12H,3-9H2,1-2H3;1H. The molecule has 18 heavy (non-hydrogen) atoms. The van der Waals surface area contributed by atoms with Gasteiger partial charge >= 0.3 is 0 Å². The monoisotopic (exact) mass is 297 g/mol. The quantitative estimate of drug-likeness (QED) is 0.815. The predicted octanol–water partition coefficient (Wildman–Crippen LogP) is 0.679. The Kier molecular flexibility index (Phi) is 5.86. The molecule has 0 spiro atoms. The first-order chi connectivity index (χ1) is 8.01. The van der Waals surface area contributed by atoms with Gasteiger partial charge in [-0.3, -0.25) is 0 Å². The second-order valence-electron chi connectivity index (χ2n) is 5.25. The van der Waals surface area contributed by atoms with E-state index in [2.05, 4.69) is 12.2 Å². The average Bonchev–Trinajstić information content (AvgIpc) is 2.30. The first kappa shape index (κ1) is 16.2. The molecule has 2 saturated heterocycles. The van der Waals surface area contributed by atoms with Crippen LogP contribution < -0.4 is 5.32 Å². The van der Waals surface area contributed by atoms with Crippen molar-refractivity contribution in [1.82, 2.24) is 13.9 Å². The first-order valence-electron chi connectivity index (χ1n) is 6.49. The van der Waals surface area contributed by atoms with Gasteiger partial charge in [-0.1, -0.05) is 6.92 Å². The van der Waals surface area contributed by atoms with Crippen LogP contribution in [0.15, 0.2) is 0 Å². The number of hydrogen-bond donors (Lipinski definition) is 1. The summed E-state index contributed by atoms with van der Waals surface area (Å²) in [5, 5.41) is 3.22. The van der Waals surface area contributed by atoms with Gasteiger partial charge in [-0.25, -0.2) is 0 Å². The molecule has 2 aliphatic rings. The Morgan fingerprint density at radius 2 is 1.72 bits per heavy atom. The van der Waals surface area contributed by atoms with Crippen molar-refractivity contribution in [2.45, 2.75) is 32.7 Å². The van der Waals surface area contributed by atoms with Crippen molar-refractivity contribution >= 4 is 22.6 Å². The number of piperazine rings is 1. The molecular formula is C11H24ClN3O2S. The highest BCUT2D eigenvalue weighted by Crippen LogP contribution is 2.22. The third-order valence-electron chi connectivity index (χ3n) is 3.81. The minimum absolute atomic E-state index is 0. The van der Waals surface area contributed by atoms with Crippen LogP contribution in [0.4, 0.5) is 0 Å². The maximum atomic E-state index is 12.5. The Balaban J connectivity index is 0.00000162. The van der Waals surface area contributed by atoms with Crippen LogP contribution in [0, 0.1) is 5.92 Å². The molecule has 2 heterocycles. The van der Waals surface area contributed by atoms with Gasteiger partial charge in [-0.05, 0) is 25.7 Å². The van der Waals surface area contributed by atoms with Crippen LogP contribution in [0.25, 0.3) is 0 Å². The number of piperidine rings is 1. The lowest BCUT2D eigenvalue weighted by Gasteiger charge is -2.38. The molecule has 0 aromatic heterocycles. The zero-order valence-electron chi connectivity index (χ0n) is 11.1. The molecule has 0 bridgehead atoms. The summed E-state index contributed by atoms with van der Waals surface area (Å²) in [6.07, 6.45) is 1.97. The van der Waals surface area contributed by atoms with E-state index in [1.54, 1.807) is 8.61 Å². The molecule has 5 nitrogen and oxygen atoms in total. The Bertz CT molecular complexity index is 355. The fourth-order valence-electron chi connectivity index (χ4n) is 2.53. The number of rotatable bonds is 2. The maximum absolute atomic E-state index is 12.5. The largest absolute Gasteiger partial charge is 0.314 e. The summed E-state index contributed by atoms with van der Waals surface area (Å²) in [7, 11) is -3.23. The van der Waals surface area contributed by atoms with Crippen molar-refractivity contribution in [2.24, 2.45) is 5.92 Å². The van der Waals surface area contributed by atoms with Crippen LogP contribution in [-0.2, 0) is 10.2 Å². The minimum atomic E-state index is -3.23. The molecule has 1 atom stereocenters. The van der Waals surface area contributed by atoms with Gasteiger partial charge in [0, 0.05) is 38.8 Å². The second-order valence-corrected chi connectivity index (χ2v) is 7.13. The zero-order valence-corrected chi connectivity index (χ0v) is 12.8. The first-order valence-corrected chi connectivity index (χ1v) is 7.89. The Morgan fingerprint density at radius 1 is 1.11 bits per heavy atom. The van der Waals surface area contributed by atoms with E-state index in [1.807, 2.05) is 6.92 Å². The number of nitrogens with one attached hydrogen (secondary N) is 1. The lowest BCUT2D eigenvalue weighted by molar-refractivity contribution is 0.230. The van der Waals surface area contributed by atoms with Crippen LogP contribution in [0.5, 0.6) is 0 Å². The fraction of sp³-hybridized carbons (Fsp3) is 1.00. The normalized spacial score (nSPS) is 28.9. The van der Waals surface area contributed by atoms with Crippen LogP contribution in [0.1, 0.15) is 26.7 Å². The van der Waals surface area contributed by atoms with Gasteiger partial charge in [0.2, 0.25) is 0 Å². The summed E-state index contributed by atoms with van der Waals surface area (Å²) < 4.78 is 28.3. The highest BCUT2D eigenvalue weighted by Gasteiger charge is 2.35. The number of hydrogen-bond acceptors (Lipinski definition) is 3. The molecular weight excluding hydrogens is 274 g/mol. The van der Waals surface area contributed by atoms with Crippen molar-refractivity contribution in [2.75, 3.05) is 32.7 Å². The van der Waals surface area contributed by atoms with Gasteiger partial charge < -0.3 is 5.32 Å². The van der Waals surface area contributed by atoms with Crippen molar-refractivity contribution in [3.63, 3.8) is 0 Å². The smallest absolute Gasteiger partial charge is 0.282 e. The van der Waals surface area contributed by atoms with Gasteiger partial charge in [-0.2, -0.15) is 17.0 Å². The molecule has 0 amide bonds. The number of nitrogens with zero attached hydrogens (tertiary/aromatic N) is 2. The minimum Gasteiger partial charge on any atom is -0.314 e.